The number of carboxylic acid groups (broad SMARTS) is 1. The molecule has 1 N–H and O–H groups in total. The summed E-state index contributed by atoms with van der Waals surface area (Å²) in [6.45, 7) is 4.61. The number of morpholine rings is 1. The summed E-state index contributed by atoms with van der Waals surface area (Å²) in [4.78, 5) is 37.4. The summed E-state index contributed by atoms with van der Waals surface area (Å²) in [5, 5.41) is 10.4. The third-order valence-corrected chi connectivity index (χ3v) is 11.2. The molecule has 50 heavy (non-hydrogen) atoms. The van der Waals surface area contributed by atoms with Crippen LogP contribution >= 0.6 is 11.6 Å². The highest BCUT2D eigenvalue weighted by Gasteiger charge is 2.40. The highest BCUT2D eigenvalue weighted by Crippen LogP contribution is 2.44. The minimum atomic E-state index is -1.18. The van der Waals surface area contributed by atoms with E-state index in [0.717, 1.165) is 61.9 Å². The van der Waals surface area contributed by atoms with Crippen molar-refractivity contribution in [3.05, 3.63) is 69.8 Å². The number of ether oxygens (including phenoxy) is 3. The molecule has 4 aliphatic heterocycles. The van der Waals surface area contributed by atoms with Gasteiger partial charge in [0.2, 0.25) is 0 Å². The number of fused-ring (bicyclic) bond motifs is 4. The molecule has 3 saturated heterocycles. The van der Waals surface area contributed by atoms with Crippen LogP contribution in [-0.4, -0.2) is 89.8 Å². The van der Waals surface area contributed by atoms with E-state index in [0.29, 0.717) is 51.9 Å². The summed E-state index contributed by atoms with van der Waals surface area (Å²) >= 11 is 6.96. The fourth-order valence-corrected chi connectivity index (χ4v) is 8.45. The van der Waals surface area contributed by atoms with Crippen molar-refractivity contribution in [3.63, 3.8) is 0 Å². The largest absolute Gasteiger partial charge is 0.478 e. The summed E-state index contributed by atoms with van der Waals surface area (Å²) < 4.78 is 35.3. The second-order valence-corrected chi connectivity index (χ2v) is 14.1. The Morgan fingerprint density at radius 3 is 2.48 bits per heavy atom. The van der Waals surface area contributed by atoms with E-state index < -0.39 is 11.8 Å². The number of rotatable bonds is 6. The number of imidazole rings is 1. The number of aromatic carboxylic acids is 1. The lowest BCUT2D eigenvalue weighted by Crippen LogP contribution is -2.46. The number of aryl methyl sites for hydroxylation is 2. The summed E-state index contributed by atoms with van der Waals surface area (Å²) in [5.41, 5.74) is 4.46. The number of benzene rings is 3. The summed E-state index contributed by atoms with van der Waals surface area (Å²) in [5.74, 6) is -0.927. The average molecular weight is 704 g/mol. The van der Waals surface area contributed by atoms with Crippen LogP contribution in [0.2, 0.25) is 5.02 Å². The number of methoxy groups -OCH3 is 1. The molecule has 3 fully saturated rings. The van der Waals surface area contributed by atoms with Crippen molar-refractivity contribution in [1.29, 1.82) is 0 Å². The third-order valence-electron chi connectivity index (χ3n) is 10.9. The summed E-state index contributed by atoms with van der Waals surface area (Å²) in [7, 11) is 3.62. The van der Waals surface area contributed by atoms with Crippen molar-refractivity contribution < 1.29 is 33.3 Å². The van der Waals surface area contributed by atoms with Crippen LogP contribution in [0.3, 0.4) is 0 Å². The highest BCUT2D eigenvalue weighted by molar-refractivity contribution is 6.36. The number of anilines is 2. The normalized spacial score (nSPS) is 20.7. The topological polar surface area (TPSA) is 110 Å². The van der Waals surface area contributed by atoms with E-state index >= 15 is 4.39 Å². The van der Waals surface area contributed by atoms with Crippen LogP contribution in [0, 0.1) is 12.7 Å². The molecule has 0 aliphatic carbocycles. The molecular formula is C37H39ClFN5O6. The number of para-hydroxylation sites is 1. The number of hydrogen-bond donors (Lipinski definition) is 1. The van der Waals surface area contributed by atoms with Gasteiger partial charge in [0, 0.05) is 43.9 Å². The van der Waals surface area contributed by atoms with E-state index in [-0.39, 0.29) is 48.5 Å². The van der Waals surface area contributed by atoms with Crippen molar-refractivity contribution in [3.8, 4) is 16.9 Å². The van der Waals surface area contributed by atoms with E-state index in [2.05, 4.69) is 9.80 Å². The summed E-state index contributed by atoms with van der Waals surface area (Å²) in [6, 6.07) is 10.1. The molecular weight excluding hydrogens is 665 g/mol. The number of nitrogens with zero attached hydrogens (tertiary/aromatic N) is 5. The average Bonchev–Trinajstić information content (AvgIpc) is 3.55. The van der Waals surface area contributed by atoms with Crippen LogP contribution in [-0.2, 0) is 23.1 Å². The molecule has 0 spiro atoms. The molecule has 1 aromatic heterocycles. The van der Waals surface area contributed by atoms with Gasteiger partial charge in [-0.2, -0.15) is 0 Å². The molecule has 4 aliphatic rings. The van der Waals surface area contributed by atoms with Gasteiger partial charge in [-0.3, -0.25) is 4.79 Å². The monoisotopic (exact) mass is 703 g/mol. The Morgan fingerprint density at radius 2 is 1.78 bits per heavy atom. The smallest absolute Gasteiger partial charge is 0.337 e. The Hall–Kier alpha value is -4.39. The van der Waals surface area contributed by atoms with E-state index in [9.17, 15) is 14.7 Å². The molecule has 2 atom stereocenters. The molecule has 2 bridgehead atoms. The Kier molecular flexibility index (Phi) is 8.35. The first-order chi connectivity index (χ1) is 24.1. The van der Waals surface area contributed by atoms with Crippen molar-refractivity contribution >= 4 is 45.9 Å². The molecule has 3 aromatic carbocycles. The molecule has 262 valence electrons. The van der Waals surface area contributed by atoms with Crippen LogP contribution in [0.15, 0.2) is 36.4 Å². The van der Waals surface area contributed by atoms with Crippen molar-refractivity contribution in [1.82, 2.24) is 14.5 Å². The number of carboxylic acids is 1. The van der Waals surface area contributed by atoms with E-state index in [1.54, 1.807) is 30.2 Å². The van der Waals surface area contributed by atoms with Gasteiger partial charge in [0.1, 0.15) is 22.9 Å². The maximum absolute atomic E-state index is 15.8. The first-order valence-electron chi connectivity index (χ1n) is 17.0. The van der Waals surface area contributed by atoms with Gasteiger partial charge in [0.25, 0.3) is 5.91 Å². The lowest BCUT2D eigenvalue weighted by Gasteiger charge is -2.37. The predicted octanol–water partition coefficient (Wildman–Crippen LogP) is 6.01. The number of amides is 1. The van der Waals surface area contributed by atoms with E-state index in [1.165, 1.54) is 0 Å². The molecule has 0 saturated carbocycles. The van der Waals surface area contributed by atoms with Crippen molar-refractivity contribution in [2.75, 3.05) is 49.9 Å². The first-order valence-corrected chi connectivity index (χ1v) is 17.4. The van der Waals surface area contributed by atoms with Crippen molar-refractivity contribution in [2.45, 2.75) is 57.3 Å². The minimum absolute atomic E-state index is 0.0316. The van der Waals surface area contributed by atoms with Gasteiger partial charge < -0.3 is 38.6 Å². The molecule has 0 radical (unpaired) electrons. The van der Waals surface area contributed by atoms with Gasteiger partial charge in [-0.15, -0.1) is 0 Å². The molecule has 11 nitrogen and oxygen atoms in total. The van der Waals surface area contributed by atoms with Gasteiger partial charge in [-0.1, -0.05) is 29.8 Å². The van der Waals surface area contributed by atoms with Gasteiger partial charge in [-0.05, 0) is 50.8 Å². The standard InChI is InChI=1S/C37H39ClFN5O6/c1-20-40-33-31(42-11-9-24(48-3)10-12-42)15-28(38)32(34(33)41(20)2)36(45)43-16-21-5-4-6-25(35(21)50-19-43)26-14-30(27(37(46)47)13-29(26)39)44-22-7-8-23(44)18-49-17-22/h4-6,13-15,22-24H,7-12,16-19H2,1-3H3,(H,46,47). The number of halogens is 2. The molecule has 5 heterocycles. The Bertz CT molecular complexity index is 2010. The molecule has 1 amide bonds. The molecule has 2 unspecified atom stereocenters. The predicted molar refractivity (Wildman–Crippen MR) is 187 cm³/mol. The minimum Gasteiger partial charge on any atom is -0.478 e. The fraction of sp³-hybridized carbons (Fsp3) is 0.432. The summed E-state index contributed by atoms with van der Waals surface area (Å²) in [6.07, 6.45) is 3.76. The van der Waals surface area contributed by atoms with Crippen LogP contribution in [0.5, 0.6) is 5.75 Å². The maximum atomic E-state index is 15.8. The molecule has 4 aromatic rings. The molecule has 8 rings (SSSR count). The number of piperidine rings is 1. The number of aromatic nitrogens is 2. The van der Waals surface area contributed by atoms with E-state index in [1.807, 2.05) is 30.7 Å². The third kappa shape index (κ3) is 5.35. The van der Waals surface area contributed by atoms with Gasteiger partial charge in [0.05, 0.1) is 71.0 Å². The SMILES string of the molecule is COC1CCN(c2cc(Cl)c(C(=O)N3COc4c(cccc4-c4cc(N5C6CCC5COC6)c(C(=O)O)cc4F)C3)c3c2nc(C)n3C)CC1. The Morgan fingerprint density at radius 1 is 1.04 bits per heavy atom. The fourth-order valence-electron chi connectivity index (χ4n) is 8.17. The second kappa shape index (κ2) is 12.7. The van der Waals surface area contributed by atoms with Crippen LogP contribution < -0.4 is 14.5 Å². The highest BCUT2D eigenvalue weighted by atomic mass is 35.5. The lowest BCUT2D eigenvalue weighted by atomic mass is 9.96. The van der Waals surface area contributed by atoms with Gasteiger partial charge >= 0.3 is 5.97 Å². The molecule has 13 heteroatoms. The van der Waals surface area contributed by atoms with Crippen LogP contribution in [0.4, 0.5) is 15.8 Å². The lowest BCUT2D eigenvalue weighted by molar-refractivity contribution is 0.0517. The van der Waals surface area contributed by atoms with Crippen LogP contribution in [0.25, 0.3) is 22.2 Å². The zero-order valence-corrected chi connectivity index (χ0v) is 29.0. The zero-order chi connectivity index (χ0) is 34.8. The van der Waals surface area contributed by atoms with Crippen molar-refractivity contribution in [2.24, 2.45) is 7.05 Å². The quantitative estimate of drug-likeness (QED) is 0.258. The second-order valence-electron chi connectivity index (χ2n) is 13.6. The number of carbonyl (C=O) groups excluding carboxylic acids is 1. The maximum Gasteiger partial charge on any atom is 0.337 e. The van der Waals surface area contributed by atoms with E-state index in [4.69, 9.17) is 30.8 Å². The Labute approximate surface area is 294 Å². The number of hydrogen-bond acceptors (Lipinski definition) is 8. The van der Waals surface area contributed by atoms with Crippen LogP contribution in [0.1, 0.15) is 57.8 Å². The van der Waals surface area contributed by atoms with Gasteiger partial charge in [0.15, 0.2) is 6.73 Å². The Balaban J connectivity index is 1.13. The van der Waals surface area contributed by atoms with Gasteiger partial charge in [-0.25, -0.2) is 14.2 Å². The zero-order valence-electron chi connectivity index (χ0n) is 28.2. The first kappa shape index (κ1) is 32.8. The number of carbonyl (C=O) groups is 2.